The van der Waals surface area contributed by atoms with Crippen LogP contribution in [0.2, 0.25) is 5.02 Å². The van der Waals surface area contributed by atoms with Crippen LogP contribution in [0.5, 0.6) is 0 Å². The molecule has 3 aromatic rings. The lowest BCUT2D eigenvalue weighted by atomic mass is 10.2. The highest BCUT2D eigenvalue weighted by Gasteiger charge is 2.22. The fourth-order valence-corrected chi connectivity index (χ4v) is 2.84. The molecular weight excluding hydrogens is 312 g/mol. The molecule has 0 spiro atoms. The summed E-state index contributed by atoms with van der Waals surface area (Å²) < 4.78 is 1.55. The SMILES string of the molecule is O=c1c2c(Cl)cccc2nc(NCC2CC2)n1-c1cccnc1. The molecule has 1 aliphatic rings. The molecule has 2 aromatic heterocycles. The first kappa shape index (κ1) is 14.2. The van der Waals surface area contributed by atoms with Gasteiger partial charge in [0.1, 0.15) is 0 Å². The third-order valence-corrected chi connectivity index (χ3v) is 4.31. The van der Waals surface area contributed by atoms with Crippen molar-refractivity contribution in [2.24, 2.45) is 5.92 Å². The van der Waals surface area contributed by atoms with E-state index in [1.54, 1.807) is 41.2 Å². The van der Waals surface area contributed by atoms with Crippen molar-refractivity contribution in [3.63, 3.8) is 0 Å². The van der Waals surface area contributed by atoms with Crippen LogP contribution in [0.3, 0.4) is 0 Å². The molecule has 116 valence electrons. The standard InChI is InChI=1S/C17H15ClN4O/c18-13-4-1-5-14-15(13)16(23)22(12-3-2-8-19-10-12)17(21-14)20-9-11-6-7-11/h1-5,8,10-11H,6-7,9H2,(H,20,21). The summed E-state index contributed by atoms with van der Waals surface area (Å²) in [7, 11) is 0. The van der Waals surface area contributed by atoms with Gasteiger partial charge in [-0.15, -0.1) is 0 Å². The summed E-state index contributed by atoms with van der Waals surface area (Å²) in [5, 5.41) is 4.14. The first-order valence-electron chi connectivity index (χ1n) is 7.59. The number of hydrogen-bond acceptors (Lipinski definition) is 4. The van der Waals surface area contributed by atoms with Gasteiger partial charge in [-0.3, -0.25) is 9.78 Å². The van der Waals surface area contributed by atoms with E-state index >= 15 is 0 Å². The highest BCUT2D eigenvalue weighted by atomic mass is 35.5. The second-order valence-corrected chi connectivity index (χ2v) is 6.15. The zero-order valence-corrected chi connectivity index (χ0v) is 13.1. The van der Waals surface area contributed by atoms with Crippen molar-refractivity contribution < 1.29 is 0 Å². The van der Waals surface area contributed by atoms with Crippen LogP contribution in [-0.2, 0) is 0 Å². The van der Waals surface area contributed by atoms with Gasteiger partial charge in [0.15, 0.2) is 0 Å². The zero-order chi connectivity index (χ0) is 15.8. The number of benzene rings is 1. The molecule has 4 rings (SSSR count). The van der Waals surface area contributed by atoms with Gasteiger partial charge in [-0.2, -0.15) is 0 Å². The Morgan fingerprint density at radius 3 is 2.87 bits per heavy atom. The lowest BCUT2D eigenvalue weighted by Gasteiger charge is -2.14. The average molecular weight is 327 g/mol. The lowest BCUT2D eigenvalue weighted by molar-refractivity contribution is 0.851. The number of pyridine rings is 1. The third-order valence-electron chi connectivity index (χ3n) is 4.00. The summed E-state index contributed by atoms with van der Waals surface area (Å²) >= 11 is 6.22. The van der Waals surface area contributed by atoms with Crippen LogP contribution in [0.25, 0.3) is 16.6 Å². The van der Waals surface area contributed by atoms with E-state index in [0.29, 0.717) is 33.5 Å². The van der Waals surface area contributed by atoms with Crippen molar-refractivity contribution in [1.29, 1.82) is 0 Å². The first-order valence-corrected chi connectivity index (χ1v) is 7.97. The average Bonchev–Trinajstić information content (AvgIpc) is 3.38. The zero-order valence-electron chi connectivity index (χ0n) is 12.4. The molecule has 23 heavy (non-hydrogen) atoms. The number of nitrogens with zero attached hydrogens (tertiary/aromatic N) is 3. The van der Waals surface area contributed by atoms with Gasteiger partial charge in [0.2, 0.25) is 5.95 Å². The maximum atomic E-state index is 13.0. The second-order valence-electron chi connectivity index (χ2n) is 5.75. The monoisotopic (exact) mass is 326 g/mol. The van der Waals surface area contributed by atoms with Crippen LogP contribution in [0.15, 0.2) is 47.5 Å². The summed E-state index contributed by atoms with van der Waals surface area (Å²) in [5.74, 6) is 1.20. The Kier molecular flexibility index (Phi) is 3.50. The van der Waals surface area contributed by atoms with Gasteiger partial charge in [0.25, 0.3) is 5.56 Å². The minimum atomic E-state index is -0.188. The van der Waals surface area contributed by atoms with E-state index in [2.05, 4.69) is 15.3 Å². The molecule has 1 saturated carbocycles. The number of fused-ring (bicyclic) bond motifs is 1. The van der Waals surface area contributed by atoms with Crippen LogP contribution < -0.4 is 10.9 Å². The van der Waals surface area contributed by atoms with Crippen LogP contribution in [0.1, 0.15) is 12.8 Å². The number of aromatic nitrogens is 3. The van der Waals surface area contributed by atoms with E-state index in [0.717, 1.165) is 6.54 Å². The van der Waals surface area contributed by atoms with Gasteiger partial charge in [0.05, 0.1) is 27.8 Å². The fourth-order valence-electron chi connectivity index (χ4n) is 2.59. The predicted octanol–water partition coefficient (Wildman–Crippen LogP) is 3.26. The van der Waals surface area contributed by atoms with Gasteiger partial charge < -0.3 is 5.32 Å². The number of anilines is 1. The highest BCUT2D eigenvalue weighted by molar-refractivity contribution is 6.35. The number of halogens is 1. The van der Waals surface area contributed by atoms with Gasteiger partial charge in [-0.25, -0.2) is 9.55 Å². The number of hydrogen-bond donors (Lipinski definition) is 1. The molecule has 0 saturated heterocycles. The minimum absolute atomic E-state index is 0.188. The molecule has 2 heterocycles. The van der Waals surface area contributed by atoms with Gasteiger partial charge in [-0.1, -0.05) is 17.7 Å². The second kappa shape index (κ2) is 5.66. The summed E-state index contributed by atoms with van der Waals surface area (Å²) in [4.78, 5) is 21.7. The molecule has 1 aliphatic carbocycles. The smallest absolute Gasteiger partial charge is 0.268 e. The van der Waals surface area contributed by atoms with Crippen molar-refractivity contribution >= 4 is 28.5 Å². The molecule has 1 aromatic carbocycles. The maximum absolute atomic E-state index is 13.0. The Bertz CT molecular complexity index is 919. The van der Waals surface area contributed by atoms with E-state index < -0.39 is 0 Å². The molecule has 0 amide bonds. The van der Waals surface area contributed by atoms with Crippen LogP contribution in [0.4, 0.5) is 5.95 Å². The Morgan fingerprint density at radius 2 is 2.13 bits per heavy atom. The quantitative estimate of drug-likeness (QED) is 0.799. The Hall–Kier alpha value is -2.40. The van der Waals surface area contributed by atoms with E-state index in [1.165, 1.54) is 12.8 Å². The molecule has 0 bridgehead atoms. The topological polar surface area (TPSA) is 59.8 Å². The van der Waals surface area contributed by atoms with Crippen molar-refractivity contribution in [1.82, 2.24) is 14.5 Å². The van der Waals surface area contributed by atoms with E-state index in [1.807, 2.05) is 6.07 Å². The van der Waals surface area contributed by atoms with E-state index in [-0.39, 0.29) is 5.56 Å². The number of nitrogens with one attached hydrogen (secondary N) is 1. The molecular formula is C17H15ClN4O. The molecule has 0 atom stereocenters. The number of rotatable bonds is 4. The van der Waals surface area contributed by atoms with E-state index in [4.69, 9.17) is 11.6 Å². The normalized spacial score (nSPS) is 14.1. The van der Waals surface area contributed by atoms with Crippen LogP contribution >= 0.6 is 11.6 Å². The van der Waals surface area contributed by atoms with Crippen molar-refractivity contribution in [2.45, 2.75) is 12.8 Å². The van der Waals surface area contributed by atoms with Gasteiger partial charge in [0, 0.05) is 12.7 Å². The van der Waals surface area contributed by atoms with Crippen molar-refractivity contribution in [3.8, 4) is 5.69 Å². The maximum Gasteiger partial charge on any atom is 0.268 e. The largest absolute Gasteiger partial charge is 0.355 e. The Balaban J connectivity index is 1.95. The Morgan fingerprint density at radius 1 is 1.26 bits per heavy atom. The van der Waals surface area contributed by atoms with Crippen molar-refractivity contribution in [3.05, 3.63) is 58.1 Å². The molecule has 0 aliphatic heterocycles. The molecule has 0 unspecified atom stereocenters. The molecule has 1 N–H and O–H groups in total. The summed E-state index contributed by atoms with van der Waals surface area (Å²) in [5.41, 5.74) is 1.08. The Labute approximate surface area is 138 Å². The predicted molar refractivity (Wildman–Crippen MR) is 91.4 cm³/mol. The van der Waals surface area contributed by atoms with Crippen LogP contribution in [-0.4, -0.2) is 21.1 Å². The summed E-state index contributed by atoms with van der Waals surface area (Å²) in [6.07, 6.45) is 5.77. The van der Waals surface area contributed by atoms with Gasteiger partial charge in [-0.05, 0) is 43.0 Å². The first-order chi connectivity index (χ1) is 11.2. The molecule has 5 nitrogen and oxygen atoms in total. The third kappa shape index (κ3) is 2.68. The molecule has 0 radical (unpaired) electrons. The summed E-state index contributed by atoms with van der Waals surface area (Å²) in [6.45, 7) is 0.818. The highest BCUT2D eigenvalue weighted by Crippen LogP contribution is 2.29. The minimum Gasteiger partial charge on any atom is -0.355 e. The van der Waals surface area contributed by atoms with Gasteiger partial charge >= 0.3 is 0 Å². The van der Waals surface area contributed by atoms with E-state index in [9.17, 15) is 4.79 Å². The van der Waals surface area contributed by atoms with Crippen molar-refractivity contribution in [2.75, 3.05) is 11.9 Å². The lowest BCUT2D eigenvalue weighted by Crippen LogP contribution is -2.24. The fraction of sp³-hybridized carbons (Fsp3) is 0.235. The molecule has 6 heteroatoms. The molecule has 1 fully saturated rings. The summed E-state index contributed by atoms with van der Waals surface area (Å²) in [6, 6.07) is 8.94. The van der Waals surface area contributed by atoms with Crippen LogP contribution in [0, 0.1) is 5.92 Å².